The van der Waals surface area contributed by atoms with E-state index >= 15 is 0 Å². The highest BCUT2D eigenvalue weighted by Gasteiger charge is 2.21. The first kappa shape index (κ1) is 24.7. The molecule has 0 radical (unpaired) electrons. The number of aliphatic hydroxyl groups excluding tert-OH is 1. The smallest absolute Gasteiger partial charge is 0.125 e. The van der Waals surface area contributed by atoms with E-state index in [2.05, 4.69) is 31.3 Å². The van der Waals surface area contributed by atoms with Crippen molar-refractivity contribution in [2.75, 3.05) is 13.7 Å². The number of halogens is 1. The first-order valence-electron chi connectivity index (χ1n) is 10.3. The summed E-state index contributed by atoms with van der Waals surface area (Å²) >= 11 is 0. The van der Waals surface area contributed by atoms with Gasteiger partial charge >= 0.3 is 0 Å². The molecule has 5 heteroatoms. The first-order chi connectivity index (χ1) is 14.5. The van der Waals surface area contributed by atoms with Crippen LogP contribution < -0.4 is 14.8 Å². The zero-order valence-corrected chi connectivity index (χ0v) is 19.2. The van der Waals surface area contributed by atoms with E-state index in [1.165, 1.54) is 5.56 Å². The van der Waals surface area contributed by atoms with Crippen LogP contribution in [0, 0.1) is 0 Å². The van der Waals surface area contributed by atoms with E-state index in [1.807, 2.05) is 66.7 Å². The second kappa shape index (κ2) is 11.8. The largest absolute Gasteiger partial charge is 0.497 e. The van der Waals surface area contributed by atoms with Crippen LogP contribution in [-0.4, -0.2) is 24.3 Å². The molecule has 1 atom stereocenters. The van der Waals surface area contributed by atoms with E-state index in [-0.39, 0.29) is 17.9 Å². The van der Waals surface area contributed by atoms with Crippen LogP contribution in [-0.2, 0) is 13.0 Å². The van der Waals surface area contributed by atoms with Crippen LogP contribution in [0.1, 0.15) is 36.6 Å². The van der Waals surface area contributed by atoms with Gasteiger partial charge in [-0.25, -0.2) is 0 Å². The van der Waals surface area contributed by atoms with Crippen molar-refractivity contribution in [2.24, 2.45) is 0 Å². The van der Waals surface area contributed by atoms with Gasteiger partial charge < -0.3 is 19.9 Å². The molecule has 0 saturated carbocycles. The maximum atomic E-state index is 10.8. The van der Waals surface area contributed by atoms with Crippen LogP contribution in [0.5, 0.6) is 11.5 Å². The van der Waals surface area contributed by atoms with Gasteiger partial charge in [-0.2, -0.15) is 0 Å². The number of methoxy groups -OCH3 is 1. The van der Waals surface area contributed by atoms with E-state index in [0.29, 0.717) is 18.9 Å². The lowest BCUT2D eigenvalue weighted by Gasteiger charge is -2.28. The number of nitrogens with one attached hydrogen (secondary N) is 1. The van der Waals surface area contributed by atoms with E-state index in [1.54, 1.807) is 7.11 Å². The Kier molecular flexibility index (Phi) is 9.38. The molecule has 0 amide bonds. The monoisotopic (exact) mass is 441 g/mol. The van der Waals surface area contributed by atoms with Gasteiger partial charge in [-0.05, 0) is 49.6 Å². The lowest BCUT2D eigenvalue weighted by atomic mass is 9.94. The van der Waals surface area contributed by atoms with Crippen LogP contribution in [0.3, 0.4) is 0 Å². The molecule has 3 aromatic carbocycles. The average molecular weight is 442 g/mol. The van der Waals surface area contributed by atoms with Gasteiger partial charge in [-0.3, -0.25) is 0 Å². The number of para-hydroxylation sites is 1. The van der Waals surface area contributed by atoms with Crippen LogP contribution in [0.2, 0.25) is 0 Å². The molecule has 0 aliphatic heterocycles. The number of β-amino-alcohol motifs (C(OH)–C–C–N with tert-alkyl or cyclic N) is 1. The summed E-state index contributed by atoms with van der Waals surface area (Å²) < 4.78 is 11.2. The summed E-state index contributed by atoms with van der Waals surface area (Å²) in [5.41, 5.74) is 2.94. The van der Waals surface area contributed by atoms with Crippen molar-refractivity contribution in [3.8, 4) is 11.5 Å². The van der Waals surface area contributed by atoms with Crippen LogP contribution in [0.25, 0.3) is 0 Å². The molecule has 0 aliphatic carbocycles. The fourth-order valence-corrected chi connectivity index (χ4v) is 3.42. The molecule has 0 fully saturated rings. The van der Waals surface area contributed by atoms with Crippen molar-refractivity contribution in [2.45, 2.75) is 38.5 Å². The number of hydrogen-bond acceptors (Lipinski definition) is 4. The zero-order chi connectivity index (χ0) is 21.4. The van der Waals surface area contributed by atoms with Crippen molar-refractivity contribution in [3.63, 3.8) is 0 Å². The summed E-state index contributed by atoms with van der Waals surface area (Å²) in [5.74, 6) is 1.57. The average Bonchev–Trinajstić information content (AvgIpc) is 2.77. The van der Waals surface area contributed by atoms with Crippen LogP contribution in [0.15, 0.2) is 78.9 Å². The topological polar surface area (TPSA) is 50.7 Å². The third kappa shape index (κ3) is 7.59. The molecule has 0 heterocycles. The second-order valence-electron chi connectivity index (χ2n) is 8.12. The van der Waals surface area contributed by atoms with Gasteiger partial charge in [0.25, 0.3) is 0 Å². The number of benzene rings is 3. The lowest BCUT2D eigenvalue weighted by molar-refractivity contribution is 0.154. The van der Waals surface area contributed by atoms with E-state index in [0.717, 1.165) is 23.3 Å². The quantitative estimate of drug-likeness (QED) is 0.446. The normalized spacial score (nSPS) is 12.0. The number of rotatable bonds is 10. The Labute approximate surface area is 191 Å². The minimum Gasteiger partial charge on any atom is -0.497 e. The summed E-state index contributed by atoms with van der Waals surface area (Å²) in [4.78, 5) is 0. The van der Waals surface area contributed by atoms with Crippen molar-refractivity contribution in [1.82, 2.24) is 5.32 Å². The molecule has 3 rings (SSSR count). The Morgan fingerprint density at radius 3 is 2.19 bits per heavy atom. The van der Waals surface area contributed by atoms with E-state index < -0.39 is 6.10 Å². The fourth-order valence-electron chi connectivity index (χ4n) is 3.42. The van der Waals surface area contributed by atoms with Gasteiger partial charge in [0.15, 0.2) is 0 Å². The van der Waals surface area contributed by atoms with Crippen molar-refractivity contribution < 1.29 is 14.6 Å². The third-order valence-corrected chi connectivity index (χ3v) is 5.09. The number of ether oxygens (including phenoxy) is 2. The molecule has 1 unspecified atom stereocenters. The highest BCUT2D eigenvalue weighted by Crippen LogP contribution is 2.26. The number of aliphatic hydroxyl groups is 1. The molecule has 0 spiro atoms. The van der Waals surface area contributed by atoms with E-state index in [9.17, 15) is 5.11 Å². The van der Waals surface area contributed by atoms with Gasteiger partial charge in [-0.15, -0.1) is 12.4 Å². The highest BCUT2D eigenvalue weighted by molar-refractivity contribution is 5.85. The lowest BCUT2D eigenvalue weighted by Crippen LogP contribution is -2.43. The Bertz CT molecular complexity index is 913. The van der Waals surface area contributed by atoms with Crippen LogP contribution in [0.4, 0.5) is 0 Å². The molecule has 0 saturated heterocycles. The maximum absolute atomic E-state index is 10.8. The minimum atomic E-state index is -0.660. The molecule has 0 aromatic heterocycles. The molecular weight excluding hydrogens is 410 g/mol. The van der Waals surface area contributed by atoms with Crippen molar-refractivity contribution >= 4 is 12.4 Å². The zero-order valence-electron chi connectivity index (χ0n) is 18.4. The molecule has 3 aromatic rings. The summed E-state index contributed by atoms with van der Waals surface area (Å²) in [6.45, 7) is 5.19. The summed E-state index contributed by atoms with van der Waals surface area (Å²) in [6.07, 6.45) is 0.183. The summed E-state index contributed by atoms with van der Waals surface area (Å²) in [5, 5.41) is 14.3. The SMILES string of the molecule is COc1ccc(CC(C)(C)NCC(O)c2ccccc2OCc2ccccc2)cc1.Cl. The van der Waals surface area contributed by atoms with Crippen molar-refractivity contribution in [1.29, 1.82) is 0 Å². The van der Waals surface area contributed by atoms with Gasteiger partial charge in [0, 0.05) is 17.6 Å². The molecule has 0 bridgehead atoms. The van der Waals surface area contributed by atoms with Crippen molar-refractivity contribution in [3.05, 3.63) is 95.6 Å². The maximum Gasteiger partial charge on any atom is 0.125 e. The summed E-state index contributed by atoms with van der Waals surface area (Å²) in [6, 6.07) is 25.8. The third-order valence-electron chi connectivity index (χ3n) is 5.09. The number of hydrogen-bond donors (Lipinski definition) is 2. The highest BCUT2D eigenvalue weighted by atomic mass is 35.5. The molecule has 2 N–H and O–H groups in total. The predicted octanol–water partition coefficient (Wildman–Crippen LogP) is 5.34. The predicted molar refractivity (Wildman–Crippen MR) is 128 cm³/mol. The van der Waals surface area contributed by atoms with Crippen LogP contribution >= 0.6 is 12.4 Å². The first-order valence-corrected chi connectivity index (χ1v) is 10.3. The van der Waals surface area contributed by atoms with Gasteiger partial charge in [0.05, 0.1) is 13.2 Å². The standard InChI is InChI=1S/C26H31NO3.ClH/c1-26(2,17-20-13-15-22(29-3)16-14-20)27-18-24(28)23-11-7-8-12-25(23)30-19-21-9-5-4-6-10-21;/h4-16,24,27-28H,17-19H2,1-3H3;1H. The van der Waals surface area contributed by atoms with Gasteiger partial charge in [0.1, 0.15) is 18.1 Å². The molecule has 0 aliphatic rings. The molecule has 4 nitrogen and oxygen atoms in total. The molecule has 31 heavy (non-hydrogen) atoms. The van der Waals surface area contributed by atoms with Gasteiger partial charge in [0.2, 0.25) is 0 Å². The summed E-state index contributed by atoms with van der Waals surface area (Å²) in [7, 11) is 1.67. The molecular formula is C26H32ClNO3. The Balaban J connectivity index is 0.00000341. The van der Waals surface area contributed by atoms with Gasteiger partial charge in [-0.1, -0.05) is 60.7 Å². The molecule has 166 valence electrons. The minimum absolute atomic E-state index is 0. The second-order valence-corrected chi connectivity index (χ2v) is 8.12. The Hall–Kier alpha value is -2.53. The van der Waals surface area contributed by atoms with E-state index in [4.69, 9.17) is 9.47 Å². The Morgan fingerprint density at radius 2 is 1.52 bits per heavy atom. The Morgan fingerprint density at radius 1 is 0.871 bits per heavy atom. The fraction of sp³-hybridized carbons (Fsp3) is 0.308.